The number of carboxylic acids is 1. The van der Waals surface area contributed by atoms with Crippen LogP contribution in [-0.2, 0) is 4.79 Å². The zero-order valence-electron chi connectivity index (χ0n) is 20.7. The van der Waals surface area contributed by atoms with E-state index in [2.05, 4.69) is 33.8 Å². The Morgan fingerprint density at radius 1 is 0.906 bits per heavy atom. The molecule has 1 aromatic carbocycles. The number of aliphatic carboxylic acids is 1. The fourth-order valence-corrected chi connectivity index (χ4v) is 4.62. The third-order valence-corrected chi connectivity index (χ3v) is 6.54. The average molecular weight is 441 g/mol. The molecule has 0 aromatic heterocycles. The highest BCUT2D eigenvalue weighted by Crippen LogP contribution is 2.44. The molecule has 0 fully saturated rings. The first-order valence-corrected chi connectivity index (χ1v) is 12.7. The Balaban J connectivity index is 2.10. The topological polar surface area (TPSA) is 46.5 Å². The predicted molar refractivity (Wildman–Crippen MR) is 134 cm³/mol. The standard InChI is InChI=1S/C29H44O3/c1-23(2)14-8-6-12-19-29(20-13-7-9-15-24(3)4)21-18-26(28(30)31)27(22-29)32-25-16-10-5-11-17-25/h5,10-11,16-18,21,23-24H,6-9,12-15,19-20,22H2,1-4H3,(H,30,31). The van der Waals surface area contributed by atoms with Gasteiger partial charge in [-0.15, -0.1) is 0 Å². The summed E-state index contributed by atoms with van der Waals surface area (Å²) in [6.07, 6.45) is 16.8. The summed E-state index contributed by atoms with van der Waals surface area (Å²) in [5, 5.41) is 9.76. The van der Waals surface area contributed by atoms with Crippen molar-refractivity contribution in [2.75, 3.05) is 0 Å². The Hall–Kier alpha value is -2.03. The number of para-hydroxylation sites is 1. The third-order valence-electron chi connectivity index (χ3n) is 6.54. The van der Waals surface area contributed by atoms with Crippen molar-refractivity contribution in [3.8, 4) is 5.75 Å². The smallest absolute Gasteiger partial charge is 0.339 e. The van der Waals surface area contributed by atoms with Crippen molar-refractivity contribution in [1.29, 1.82) is 0 Å². The molecule has 178 valence electrons. The molecule has 0 unspecified atom stereocenters. The van der Waals surface area contributed by atoms with Crippen LogP contribution in [0.15, 0.2) is 53.8 Å². The van der Waals surface area contributed by atoms with Gasteiger partial charge in [0.05, 0.1) is 5.57 Å². The molecule has 0 aliphatic heterocycles. The van der Waals surface area contributed by atoms with Crippen LogP contribution < -0.4 is 4.74 Å². The SMILES string of the molecule is CC(C)CCCCCC1(CCCCCC(C)C)C=CC(C(=O)O)=C(Oc2ccccc2)C1. The van der Waals surface area contributed by atoms with Crippen molar-refractivity contribution in [3.05, 3.63) is 53.8 Å². The minimum absolute atomic E-state index is 0.00126. The highest BCUT2D eigenvalue weighted by molar-refractivity contribution is 5.91. The Morgan fingerprint density at radius 2 is 1.47 bits per heavy atom. The van der Waals surface area contributed by atoms with Crippen LogP contribution >= 0.6 is 0 Å². The lowest BCUT2D eigenvalue weighted by Gasteiger charge is -2.35. The Labute approximate surface area is 196 Å². The summed E-state index contributed by atoms with van der Waals surface area (Å²) in [5.74, 6) is 1.92. The molecule has 0 atom stereocenters. The lowest BCUT2D eigenvalue weighted by Crippen LogP contribution is -2.26. The van der Waals surface area contributed by atoms with E-state index >= 15 is 0 Å². The number of carboxylic acid groups (broad SMARTS) is 1. The fraction of sp³-hybridized carbons (Fsp3) is 0.621. The monoisotopic (exact) mass is 440 g/mol. The van der Waals surface area contributed by atoms with Gasteiger partial charge in [-0.25, -0.2) is 4.79 Å². The van der Waals surface area contributed by atoms with Crippen LogP contribution in [0.4, 0.5) is 0 Å². The quantitative estimate of drug-likeness (QED) is 0.278. The molecule has 1 aliphatic rings. The van der Waals surface area contributed by atoms with Crippen LogP contribution in [0, 0.1) is 17.3 Å². The van der Waals surface area contributed by atoms with E-state index in [0.29, 0.717) is 23.5 Å². The largest absolute Gasteiger partial charge is 0.478 e. The van der Waals surface area contributed by atoms with Gasteiger partial charge >= 0.3 is 5.97 Å². The number of hydrogen-bond donors (Lipinski definition) is 1. The van der Waals surface area contributed by atoms with Crippen LogP contribution in [0.1, 0.15) is 98.3 Å². The van der Waals surface area contributed by atoms with E-state index in [0.717, 1.165) is 24.7 Å². The molecule has 0 saturated carbocycles. The number of allylic oxidation sites excluding steroid dienone is 2. The Bertz CT molecular complexity index is 725. The molecular formula is C29H44O3. The molecule has 1 aliphatic carbocycles. The second-order valence-electron chi connectivity index (χ2n) is 10.4. The van der Waals surface area contributed by atoms with Crippen LogP contribution in [0.25, 0.3) is 0 Å². The number of benzene rings is 1. The summed E-state index contributed by atoms with van der Waals surface area (Å²) in [7, 11) is 0. The molecule has 3 heteroatoms. The maximum absolute atomic E-state index is 11.9. The van der Waals surface area contributed by atoms with Crippen molar-refractivity contribution >= 4 is 5.97 Å². The molecule has 32 heavy (non-hydrogen) atoms. The molecule has 0 bridgehead atoms. The number of hydrogen-bond acceptors (Lipinski definition) is 2. The number of ether oxygens (including phenoxy) is 1. The van der Waals surface area contributed by atoms with Crippen molar-refractivity contribution < 1.29 is 14.6 Å². The molecule has 2 rings (SSSR count). The Kier molecular flexibility index (Phi) is 11.1. The minimum Gasteiger partial charge on any atom is -0.478 e. The van der Waals surface area contributed by atoms with Crippen molar-refractivity contribution in [3.63, 3.8) is 0 Å². The molecule has 3 nitrogen and oxygen atoms in total. The van der Waals surface area contributed by atoms with E-state index in [-0.39, 0.29) is 5.41 Å². The fourth-order valence-electron chi connectivity index (χ4n) is 4.62. The summed E-state index contributed by atoms with van der Waals surface area (Å²) in [6, 6.07) is 9.57. The Morgan fingerprint density at radius 3 is 1.97 bits per heavy atom. The summed E-state index contributed by atoms with van der Waals surface area (Å²) in [4.78, 5) is 11.9. The molecule has 0 spiro atoms. The van der Waals surface area contributed by atoms with Gasteiger partial charge in [0.1, 0.15) is 11.5 Å². The van der Waals surface area contributed by atoms with Crippen LogP contribution in [-0.4, -0.2) is 11.1 Å². The summed E-state index contributed by atoms with van der Waals surface area (Å²) < 4.78 is 6.15. The average Bonchev–Trinajstić information content (AvgIpc) is 2.73. The first-order valence-electron chi connectivity index (χ1n) is 12.7. The van der Waals surface area contributed by atoms with Crippen molar-refractivity contribution in [2.45, 2.75) is 98.3 Å². The minimum atomic E-state index is -0.908. The van der Waals surface area contributed by atoms with Crippen molar-refractivity contribution in [2.24, 2.45) is 17.3 Å². The predicted octanol–water partition coefficient (Wildman–Crippen LogP) is 8.56. The van der Waals surface area contributed by atoms with Gasteiger partial charge in [-0.2, -0.15) is 0 Å². The number of carbonyl (C=O) groups is 1. The second kappa shape index (κ2) is 13.5. The molecular weight excluding hydrogens is 396 g/mol. The van der Waals surface area contributed by atoms with Gasteiger partial charge in [-0.3, -0.25) is 0 Å². The molecule has 0 radical (unpaired) electrons. The normalized spacial score (nSPS) is 15.6. The number of rotatable bonds is 15. The van der Waals surface area contributed by atoms with Crippen LogP contribution in [0.2, 0.25) is 0 Å². The van der Waals surface area contributed by atoms with Crippen LogP contribution in [0.5, 0.6) is 5.75 Å². The van der Waals surface area contributed by atoms with Gasteiger partial charge in [-0.1, -0.05) is 103 Å². The zero-order valence-corrected chi connectivity index (χ0v) is 20.7. The molecule has 0 heterocycles. The maximum Gasteiger partial charge on any atom is 0.339 e. The van der Waals surface area contributed by atoms with Gasteiger partial charge < -0.3 is 9.84 Å². The van der Waals surface area contributed by atoms with E-state index in [4.69, 9.17) is 4.74 Å². The van der Waals surface area contributed by atoms with E-state index in [1.807, 2.05) is 36.4 Å². The van der Waals surface area contributed by atoms with Gasteiger partial charge in [0.25, 0.3) is 0 Å². The van der Waals surface area contributed by atoms with Gasteiger partial charge in [0.15, 0.2) is 0 Å². The van der Waals surface area contributed by atoms with E-state index in [1.54, 1.807) is 0 Å². The summed E-state index contributed by atoms with van der Waals surface area (Å²) in [6.45, 7) is 9.14. The van der Waals surface area contributed by atoms with Gasteiger partial charge in [-0.05, 0) is 48.3 Å². The van der Waals surface area contributed by atoms with E-state index in [1.165, 1.54) is 51.4 Å². The molecule has 0 amide bonds. The molecule has 0 saturated heterocycles. The van der Waals surface area contributed by atoms with E-state index in [9.17, 15) is 9.90 Å². The highest BCUT2D eigenvalue weighted by Gasteiger charge is 2.34. The van der Waals surface area contributed by atoms with E-state index < -0.39 is 5.97 Å². The zero-order chi connectivity index (χ0) is 23.4. The lowest BCUT2D eigenvalue weighted by molar-refractivity contribution is -0.132. The maximum atomic E-state index is 11.9. The molecule has 1 N–H and O–H groups in total. The van der Waals surface area contributed by atoms with Gasteiger partial charge in [0, 0.05) is 6.42 Å². The van der Waals surface area contributed by atoms with Gasteiger partial charge in [0.2, 0.25) is 0 Å². The number of unbranched alkanes of at least 4 members (excludes halogenated alkanes) is 4. The lowest BCUT2D eigenvalue weighted by atomic mass is 9.71. The third kappa shape index (κ3) is 9.22. The first-order chi connectivity index (χ1) is 15.3. The van der Waals surface area contributed by atoms with Crippen molar-refractivity contribution in [1.82, 2.24) is 0 Å². The molecule has 1 aromatic rings. The highest BCUT2D eigenvalue weighted by atomic mass is 16.5. The first kappa shape index (κ1) is 26.2. The summed E-state index contributed by atoms with van der Waals surface area (Å²) in [5.41, 5.74) is 0.294. The summed E-state index contributed by atoms with van der Waals surface area (Å²) >= 11 is 0. The second-order valence-corrected chi connectivity index (χ2v) is 10.4. The van der Waals surface area contributed by atoms with Crippen LogP contribution in [0.3, 0.4) is 0 Å².